The van der Waals surface area contributed by atoms with Crippen molar-refractivity contribution < 1.29 is 4.74 Å². The molecule has 0 aliphatic rings. The molecule has 2 aromatic rings. The summed E-state index contributed by atoms with van der Waals surface area (Å²) < 4.78 is 8.45. The largest absolute Gasteiger partial charge is 0.492 e. The van der Waals surface area contributed by atoms with Gasteiger partial charge in [0.15, 0.2) is 0 Å². The van der Waals surface area contributed by atoms with Crippen LogP contribution in [0.25, 0.3) is 0 Å². The molecule has 19 heavy (non-hydrogen) atoms. The van der Waals surface area contributed by atoms with Gasteiger partial charge in [-0.25, -0.2) is 0 Å². The van der Waals surface area contributed by atoms with Crippen molar-refractivity contribution in [2.75, 3.05) is 6.61 Å². The van der Waals surface area contributed by atoms with Crippen LogP contribution in [0.3, 0.4) is 0 Å². The predicted octanol–water partition coefficient (Wildman–Crippen LogP) is 3.31. The lowest BCUT2D eigenvalue weighted by Crippen LogP contribution is -2.21. The minimum Gasteiger partial charge on any atom is -0.492 e. The Labute approximate surface area is 121 Å². The van der Waals surface area contributed by atoms with E-state index in [2.05, 4.69) is 15.9 Å². The molecule has 0 fully saturated rings. The van der Waals surface area contributed by atoms with E-state index in [0.717, 1.165) is 21.3 Å². The minimum atomic E-state index is -0.00531. The van der Waals surface area contributed by atoms with Crippen LogP contribution in [0.1, 0.15) is 11.1 Å². The highest BCUT2D eigenvalue weighted by Crippen LogP contribution is 2.26. The Morgan fingerprint density at radius 2 is 1.89 bits per heavy atom. The maximum Gasteiger partial charge on any atom is 0.250 e. The van der Waals surface area contributed by atoms with Crippen molar-refractivity contribution >= 4 is 15.9 Å². The number of hydrogen-bond acceptors (Lipinski definition) is 2. The van der Waals surface area contributed by atoms with Crippen LogP contribution >= 0.6 is 15.9 Å². The first-order chi connectivity index (χ1) is 9.08. The fraction of sp³-hybridized carbons (Fsp3) is 0.267. The first kappa shape index (κ1) is 13.9. The van der Waals surface area contributed by atoms with Gasteiger partial charge >= 0.3 is 0 Å². The first-order valence-electron chi connectivity index (χ1n) is 6.13. The van der Waals surface area contributed by atoms with E-state index in [1.807, 2.05) is 32.0 Å². The normalized spacial score (nSPS) is 10.5. The van der Waals surface area contributed by atoms with E-state index in [1.54, 1.807) is 22.9 Å². The third-order valence-electron chi connectivity index (χ3n) is 2.91. The molecule has 0 amide bonds. The van der Waals surface area contributed by atoms with Crippen LogP contribution in [0.5, 0.6) is 5.75 Å². The molecule has 1 heterocycles. The molecule has 3 nitrogen and oxygen atoms in total. The molecule has 4 heteroatoms. The summed E-state index contributed by atoms with van der Waals surface area (Å²) in [6.45, 7) is 5.09. The predicted molar refractivity (Wildman–Crippen MR) is 79.8 cm³/mol. The molecule has 100 valence electrons. The second-order valence-electron chi connectivity index (χ2n) is 4.45. The maximum absolute atomic E-state index is 11.5. The molecule has 0 radical (unpaired) electrons. The molecule has 0 aliphatic carbocycles. The number of pyridine rings is 1. The second-order valence-corrected chi connectivity index (χ2v) is 5.24. The van der Waals surface area contributed by atoms with Gasteiger partial charge in [-0.2, -0.15) is 0 Å². The average molecular weight is 322 g/mol. The number of nitrogens with zero attached hydrogens (tertiary/aromatic N) is 1. The summed E-state index contributed by atoms with van der Waals surface area (Å²) in [6.07, 6.45) is 1.77. The van der Waals surface area contributed by atoms with Gasteiger partial charge in [-0.3, -0.25) is 4.79 Å². The monoisotopic (exact) mass is 321 g/mol. The first-order valence-corrected chi connectivity index (χ1v) is 6.92. The van der Waals surface area contributed by atoms with E-state index in [9.17, 15) is 4.79 Å². The van der Waals surface area contributed by atoms with Crippen molar-refractivity contribution in [1.29, 1.82) is 0 Å². The fourth-order valence-electron chi connectivity index (χ4n) is 1.90. The van der Waals surface area contributed by atoms with Gasteiger partial charge < -0.3 is 9.30 Å². The SMILES string of the molecule is Cc1cc(OCCn2ccccc2=O)cc(C)c1Br. The van der Waals surface area contributed by atoms with E-state index in [1.165, 1.54) is 0 Å². The van der Waals surface area contributed by atoms with Crippen molar-refractivity contribution in [3.8, 4) is 5.75 Å². The molecule has 1 aromatic heterocycles. The number of halogens is 1. The quantitative estimate of drug-likeness (QED) is 0.865. The number of benzene rings is 1. The Morgan fingerprint density at radius 1 is 1.21 bits per heavy atom. The second kappa shape index (κ2) is 6.06. The summed E-state index contributed by atoms with van der Waals surface area (Å²) in [6, 6.07) is 9.11. The van der Waals surface area contributed by atoms with Gasteiger partial charge in [-0.05, 0) is 43.2 Å². The van der Waals surface area contributed by atoms with Crippen LogP contribution in [-0.2, 0) is 6.54 Å². The van der Waals surface area contributed by atoms with E-state index < -0.39 is 0 Å². The Morgan fingerprint density at radius 3 is 2.53 bits per heavy atom. The van der Waals surface area contributed by atoms with Crippen molar-refractivity contribution in [2.24, 2.45) is 0 Å². The van der Waals surface area contributed by atoms with Crippen molar-refractivity contribution in [3.63, 3.8) is 0 Å². The van der Waals surface area contributed by atoms with E-state index in [4.69, 9.17) is 4.74 Å². The molecule has 0 saturated carbocycles. The number of hydrogen-bond donors (Lipinski definition) is 0. The van der Waals surface area contributed by atoms with Crippen LogP contribution < -0.4 is 10.3 Å². The van der Waals surface area contributed by atoms with E-state index in [-0.39, 0.29) is 5.56 Å². The average Bonchev–Trinajstić information content (AvgIpc) is 2.38. The molecular weight excluding hydrogens is 306 g/mol. The molecule has 0 aliphatic heterocycles. The maximum atomic E-state index is 11.5. The lowest BCUT2D eigenvalue weighted by Gasteiger charge is -2.11. The number of ether oxygens (including phenoxy) is 1. The Balaban J connectivity index is 2.00. The number of aryl methyl sites for hydroxylation is 2. The zero-order valence-electron chi connectivity index (χ0n) is 11.0. The zero-order chi connectivity index (χ0) is 13.8. The molecule has 0 saturated heterocycles. The summed E-state index contributed by atoms with van der Waals surface area (Å²) in [5, 5.41) is 0. The topological polar surface area (TPSA) is 31.2 Å². The van der Waals surface area contributed by atoms with E-state index >= 15 is 0 Å². The molecule has 0 N–H and O–H groups in total. The molecule has 1 aromatic carbocycles. The summed E-state index contributed by atoms with van der Waals surface area (Å²) >= 11 is 3.53. The van der Waals surface area contributed by atoms with Crippen LogP contribution in [-0.4, -0.2) is 11.2 Å². The fourth-order valence-corrected chi connectivity index (χ4v) is 2.13. The number of rotatable bonds is 4. The van der Waals surface area contributed by atoms with Gasteiger partial charge in [0.25, 0.3) is 5.56 Å². The molecule has 0 unspecified atom stereocenters. The van der Waals surface area contributed by atoms with Gasteiger partial charge in [0.1, 0.15) is 12.4 Å². The molecule has 2 rings (SSSR count). The Kier molecular flexibility index (Phi) is 4.43. The van der Waals surface area contributed by atoms with Gasteiger partial charge in [0, 0.05) is 16.7 Å². The van der Waals surface area contributed by atoms with Crippen LogP contribution in [0.15, 0.2) is 45.8 Å². The van der Waals surface area contributed by atoms with Crippen LogP contribution in [0.2, 0.25) is 0 Å². The summed E-state index contributed by atoms with van der Waals surface area (Å²) in [7, 11) is 0. The molecule has 0 atom stereocenters. The van der Waals surface area contributed by atoms with Gasteiger partial charge in [0.2, 0.25) is 0 Å². The van der Waals surface area contributed by atoms with Crippen molar-refractivity contribution in [2.45, 2.75) is 20.4 Å². The third-order valence-corrected chi connectivity index (χ3v) is 4.16. The van der Waals surface area contributed by atoms with Gasteiger partial charge in [0.05, 0.1) is 6.54 Å². The van der Waals surface area contributed by atoms with Gasteiger partial charge in [-0.1, -0.05) is 22.0 Å². The molecular formula is C15H16BrNO2. The molecule has 0 spiro atoms. The van der Waals surface area contributed by atoms with Gasteiger partial charge in [-0.15, -0.1) is 0 Å². The Bertz CT molecular complexity index is 611. The van der Waals surface area contributed by atoms with Crippen LogP contribution in [0, 0.1) is 13.8 Å². The molecule has 0 bridgehead atoms. The smallest absolute Gasteiger partial charge is 0.250 e. The van der Waals surface area contributed by atoms with E-state index in [0.29, 0.717) is 13.2 Å². The summed E-state index contributed by atoms with van der Waals surface area (Å²) in [5.74, 6) is 0.835. The lowest BCUT2D eigenvalue weighted by molar-refractivity contribution is 0.296. The lowest BCUT2D eigenvalue weighted by atomic mass is 10.1. The highest BCUT2D eigenvalue weighted by Gasteiger charge is 2.03. The standard InChI is InChI=1S/C15H16BrNO2/c1-11-9-13(10-12(2)15(11)16)19-8-7-17-6-4-3-5-14(17)18/h3-6,9-10H,7-8H2,1-2H3. The summed E-state index contributed by atoms with van der Waals surface area (Å²) in [4.78, 5) is 11.5. The highest BCUT2D eigenvalue weighted by atomic mass is 79.9. The van der Waals surface area contributed by atoms with Crippen LogP contribution in [0.4, 0.5) is 0 Å². The van der Waals surface area contributed by atoms with Crippen molar-refractivity contribution in [3.05, 3.63) is 62.5 Å². The zero-order valence-corrected chi connectivity index (χ0v) is 12.6. The third kappa shape index (κ3) is 3.47. The van der Waals surface area contributed by atoms with Crippen molar-refractivity contribution in [1.82, 2.24) is 4.57 Å². The summed E-state index contributed by atoms with van der Waals surface area (Å²) in [5.41, 5.74) is 2.29. The minimum absolute atomic E-state index is 0.00531. The number of aromatic nitrogens is 1. The highest BCUT2D eigenvalue weighted by molar-refractivity contribution is 9.10. The Hall–Kier alpha value is -1.55.